The van der Waals surface area contributed by atoms with Crippen LogP contribution in [0.5, 0.6) is 0 Å². The molecule has 10 heavy (non-hydrogen) atoms. The lowest BCUT2D eigenvalue weighted by Gasteiger charge is -2.13. The van der Waals surface area contributed by atoms with Crippen LogP contribution in [0.25, 0.3) is 0 Å². The summed E-state index contributed by atoms with van der Waals surface area (Å²) in [6.07, 6.45) is 0. The van der Waals surface area contributed by atoms with E-state index < -0.39 is 0 Å². The number of hydrogen-bond donors (Lipinski definition) is 2. The van der Waals surface area contributed by atoms with Crippen LogP contribution >= 0.6 is 0 Å². The van der Waals surface area contributed by atoms with Crippen LogP contribution in [0.4, 0.5) is 5.82 Å². The van der Waals surface area contributed by atoms with Gasteiger partial charge in [0.05, 0.1) is 12.2 Å². The topological polar surface area (TPSA) is 55.9 Å². The van der Waals surface area contributed by atoms with Crippen molar-refractivity contribution in [2.45, 2.75) is 13.1 Å². The van der Waals surface area contributed by atoms with Gasteiger partial charge in [0.1, 0.15) is 5.82 Å². The third-order valence-electron chi connectivity index (χ3n) is 1.69. The van der Waals surface area contributed by atoms with E-state index in [1.54, 1.807) is 0 Å². The van der Waals surface area contributed by atoms with Crippen LogP contribution < -0.4 is 11.1 Å². The first-order valence-electron chi connectivity index (χ1n) is 3.39. The number of aromatic nitrogens is 2. The summed E-state index contributed by atoms with van der Waals surface area (Å²) < 4.78 is 1.95. The van der Waals surface area contributed by atoms with Crippen LogP contribution in [0.3, 0.4) is 0 Å². The molecule has 0 unspecified atom stereocenters. The number of hydrogen-bond acceptors (Lipinski definition) is 3. The Morgan fingerprint density at radius 2 is 2.60 bits per heavy atom. The Hall–Kier alpha value is -1.03. The standard InChI is InChI=1S/C6H10N4/c7-6-3-5-4-8-1-2-10(5)9-6/h3,8H,1-2,4H2,(H2,7,9). The summed E-state index contributed by atoms with van der Waals surface area (Å²) in [5.41, 5.74) is 6.68. The van der Waals surface area contributed by atoms with Gasteiger partial charge in [0.25, 0.3) is 0 Å². The zero-order chi connectivity index (χ0) is 6.97. The van der Waals surface area contributed by atoms with E-state index >= 15 is 0 Å². The maximum atomic E-state index is 5.50. The molecule has 54 valence electrons. The van der Waals surface area contributed by atoms with Gasteiger partial charge < -0.3 is 11.1 Å². The molecule has 0 saturated carbocycles. The number of anilines is 1. The highest BCUT2D eigenvalue weighted by atomic mass is 15.3. The van der Waals surface area contributed by atoms with E-state index in [4.69, 9.17) is 5.73 Å². The lowest BCUT2D eigenvalue weighted by Crippen LogP contribution is -2.28. The summed E-state index contributed by atoms with van der Waals surface area (Å²) in [6, 6.07) is 1.91. The average Bonchev–Trinajstić information content (AvgIpc) is 2.27. The van der Waals surface area contributed by atoms with Crippen molar-refractivity contribution in [3.8, 4) is 0 Å². The molecule has 2 rings (SSSR count). The number of fused-ring (bicyclic) bond motifs is 1. The number of nitrogen functional groups attached to an aromatic ring is 1. The Morgan fingerprint density at radius 3 is 3.40 bits per heavy atom. The minimum Gasteiger partial charge on any atom is -0.382 e. The summed E-state index contributed by atoms with van der Waals surface area (Å²) in [4.78, 5) is 0. The lowest BCUT2D eigenvalue weighted by molar-refractivity contribution is 0.476. The number of nitrogens with two attached hydrogens (primary N) is 1. The van der Waals surface area contributed by atoms with Gasteiger partial charge in [0, 0.05) is 19.2 Å². The van der Waals surface area contributed by atoms with Crippen molar-refractivity contribution in [3.05, 3.63) is 11.8 Å². The van der Waals surface area contributed by atoms with Crippen molar-refractivity contribution < 1.29 is 0 Å². The molecule has 1 aliphatic heterocycles. The lowest BCUT2D eigenvalue weighted by atomic mass is 10.3. The van der Waals surface area contributed by atoms with Gasteiger partial charge in [-0.3, -0.25) is 4.68 Å². The highest BCUT2D eigenvalue weighted by Gasteiger charge is 2.08. The molecule has 0 saturated heterocycles. The van der Waals surface area contributed by atoms with E-state index in [1.807, 2.05) is 10.7 Å². The van der Waals surface area contributed by atoms with Crippen molar-refractivity contribution in [2.24, 2.45) is 0 Å². The van der Waals surface area contributed by atoms with Crippen molar-refractivity contribution in [1.82, 2.24) is 15.1 Å². The van der Waals surface area contributed by atoms with Gasteiger partial charge in [-0.1, -0.05) is 0 Å². The van der Waals surface area contributed by atoms with Gasteiger partial charge in [-0.05, 0) is 0 Å². The molecule has 0 aliphatic carbocycles. The van der Waals surface area contributed by atoms with Crippen LogP contribution in [0, 0.1) is 0 Å². The van der Waals surface area contributed by atoms with E-state index in [9.17, 15) is 0 Å². The maximum absolute atomic E-state index is 5.50. The van der Waals surface area contributed by atoms with Crippen molar-refractivity contribution >= 4 is 5.82 Å². The Kier molecular flexibility index (Phi) is 1.14. The van der Waals surface area contributed by atoms with Crippen LogP contribution in [0.15, 0.2) is 6.07 Å². The van der Waals surface area contributed by atoms with Gasteiger partial charge in [-0.25, -0.2) is 0 Å². The second-order valence-corrected chi connectivity index (χ2v) is 2.46. The zero-order valence-electron chi connectivity index (χ0n) is 5.67. The van der Waals surface area contributed by atoms with E-state index in [1.165, 1.54) is 5.69 Å². The third-order valence-corrected chi connectivity index (χ3v) is 1.69. The van der Waals surface area contributed by atoms with Gasteiger partial charge >= 0.3 is 0 Å². The fourth-order valence-electron chi connectivity index (χ4n) is 1.22. The normalized spacial score (nSPS) is 16.8. The number of nitrogens with zero attached hydrogens (tertiary/aromatic N) is 2. The second-order valence-electron chi connectivity index (χ2n) is 2.46. The summed E-state index contributed by atoms with van der Waals surface area (Å²) in [7, 11) is 0. The molecule has 1 aromatic rings. The number of nitrogens with one attached hydrogen (secondary N) is 1. The maximum Gasteiger partial charge on any atom is 0.145 e. The van der Waals surface area contributed by atoms with Gasteiger partial charge in [0.2, 0.25) is 0 Å². The van der Waals surface area contributed by atoms with Crippen LogP contribution in [0.2, 0.25) is 0 Å². The largest absolute Gasteiger partial charge is 0.382 e. The molecular formula is C6H10N4. The Bertz CT molecular complexity index is 216. The minimum absolute atomic E-state index is 0.624. The van der Waals surface area contributed by atoms with E-state index in [-0.39, 0.29) is 0 Å². The second kappa shape index (κ2) is 1.98. The molecule has 1 aliphatic rings. The summed E-state index contributed by atoms with van der Waals surface area (Å²) in [5.74, 6) is 0.624. The van der Waals surface area contributed by atoms with Crippen LogP contribution in [-0.4, -0.2) is 16.3 Å². The average molecular weight is 138 g/mol. The molecule has 4 heteroatoms. The first kappa shape index (κ1) is 5.73. The zero-order valence-corrected chi connectivity index (χ0v) is 5.67. The highest BCUT2D eigenvalue weighted by Crippen LogP contribution is 2.07. The first-order chi connectivity index (χ1) is 4.86. The highest BCUT2D eigenvalue weighted by molar-refractivity contribution is 5.29. The molecule has 0 radical (unpaired) electrons. The molecule has 3 N–H and O–H groups in total. The van der Waals surface area contributed by atoms with E-state index in [2.05, 4.69) is 10.4 Å². The molecule has 1 aromatic heterocycles. The number of rotatable bonds is 0. The van der Waals surface area contributed by atoms with Crippen molar-refractivity contribution in [1.29, 1.82) is 0 Å². The molecule has 0 atom stereocenters. The van der Waals surface area contributed by atoms with Gasteiger partial charge in [0.15, 0.2) is 0 Å². The summed E-state index contributed by atoms with van der Waals surface area (Å²) >= 11 is 0. The smallest absolute Gasteiger partial charge is 0.145 e. The SMILES string of the molecule is Nc1cc2n(n1)CCNC2. The molecule has 0 aromatic carbocycles. The van der Waals surface area contributed by atoms with Crippen LogP contribution in [-0.2, 0) is 13.1 Å². The van der Waals surface area contributed by atoms with E-state index in [0.29, 0.717) is 5.82 Å². The Morgan fingerprint density at radius 1 is 1.70 bits per heavy atom. The fraction of sp³-hybridized carbons (Fsp3) is 0.500. The van der Waals surface area contributed by atoms with Gasteiger partial charge in [-0.15, -0.1) is 0 Å². The Labute approximate surface area is 59.0 Å². The minimum atomic E-state index is 0.624. The fourth-order valence-corrected chi connectivity index (χ4v) is 1.22. The molecule has 0 bridgehead atoms. The molecule has 0 amide bonds. The van der Waals surface area contributed by atoms with Gasteiger partial charge in [-0.2, -0.15) is 5.10 Å². The Balaban J connectivity index is 2.41. The predicted molar refractivity (Wildman–Crippen MR) is 38.3 cm³/mol. The quantitative estimate of drug-likeness (QED) is 0.511. The third kappa shape index (κ3) is 0.769. The monoisotopic (exact) mass is 138 g/mol. The molecule has 0 spiro atoms. The van der Waals surface area contributed by atoms with Crippen molar-refractivity contribution in [3.63, 3.8) is 0 Å². The predicted octanol–water partition coefficient (Wildman–Crippen LogP) is -0.432. The summed E-state index contributed by atoms with van der Waals surface area (Å²) in [5, 5.41) is 7.34. The molecule has 4 nitrogen and oxygen atoms in total. The van der Waals surface area contributed by atoms with E-state index in [0.717, 1.165) is 19.6 Å². The molecular weight excluding hydrogens is 128 g/mol. The molecule has 0 fully saturated rings. The van der Waals surface area contributed by atoms with Crippen molar-refractivity contribution in [2.75, 3.05) is 12.3 Å². The van der Waals surface area contributed by atoms with Crippen LogP contribution in [0.1, 0.15) is 5.69 Å². The first-order valence-corrected chi connectivity index (χ1v) is 3.39. The molecule has 2 heterocycles. The summed E-state index contributed by atoms with van der Waals surface area (Å²) in [6.45, 7) is 2.82.